The summed E-state index contributed by atoms with van der Waals surface area (Å²) in [5.41, 5.74) is 1.94. The molecule has 0 heterocycles. The van der Waals surface area contributed by atoms with Crippen molar-refractivity contribution in [1.82, 2.24) is 0 Å². The van der Waals surface area contributed by atoms with Gasteiger partial charge in [0.15, 0.2) is 0 Å². The molecule has 1 unspecified atom stereocenters. The maximum atomic E-state index is 13.5. The van der Waals surface area contributed by atoms with Gasteiger partial charge < -0.3 is 5.11 Å². The first-order chi connectivity index (χ1) is 9.60. The molecule has 0 fully saturated rings. The van der Waals surface area contributed by atoms with Crippen LogP contribution in [-0.2, 0) is 12.8 Å². The third-order valence-corrected chi connectivity index (χ3v) is 4.33. The molecule has 0 aliphatic rings. The lowest BCUT2D eigenvalue weighted by Crippen LogP contribution is -2.13. The lowest BCUT2D eigenvalue weighted by Gasteiger charge is -2.15. The summed E-state index contributed by atoms with van der Waals surface area (Å²) in [5, 5.41) is 10.2. The molecule has 0 aliphatic heterocycles. The van der Waals surface area contributed by atoms with E-state index in [4.69, 9.17) is 11.6 Å². The van der Waals surface area contributed by atoms with Crippen molar-refractivity contribution in [2.45, 2.75) is 12.8 Å². The second kappa shape index (κ2) is 7.21. The van der Waals surface area contributed by atoms with E-state index >= 15 is 0 Å². The van der Waals surface area contributed by atoms with Gasteiger partial charge in [0.25, 0.3) is 0 Å². The average molecular weight is 358 g/mol. The van der Waals surface area contributed by atoms with Gasteiger partial charge in [-0.1, -0.05) is 35.9 Å². The van der Waals surface area contributed by atoms with E-state index in [2.05, 4.69) is 15.9 Å². The molecule has 4 heteroatoms. The first-order valence-electron chi connectivity index (χ1n) is 6.38. The van der Waals surface area contributed by atoms with E-state index in [9.17, 15) is 9.50 Å². The Morgan fingerprint density at radius 1 is 1.15 bits per heavy atom. The molecule has 106 valence electrons. The van der Waals surface area contributed by atoms with Gasteiger partial charge in [0.05, 0.1) is 4.47 Å². The second-order valence-electron chi connectivity index (χ2n) is 4.80. The Morgan fingerprint density at radius 3 is 2.60 bits per heavy atom. The van der Waals surface area contributed by atoms with E-state index in [0.717, 1.165) is 11.1 Å². The van der Waals surface area contributed by atoms with Gasteiger partial charge in [-0.25, -0.2) is 4.39 Å². The number of halogens is 3. The summed E-state index contributed by atoms with van der Waals surface area (Å²) in [6, 6.07) is 12.6. The maximum Gasteiger partial charge on any atom is 0.137 e. The summed E-state index contributed by atoms with van der Waals surface area (Å²) in [4.78, 5) is 0. The zero-order chi connectivity index (χ0) is 14.5. The molecule has 0 radical (unpaired) electrons. The van der Waals surface area contributed by atoms with Crippen molar-refractivity contribution in [3.63, 3.8) is 0 Å². The van der Waals surface area contributed by atoms with E-state index in [1.54, 1.807) is 6.07 Å². The SMILES string of the molecule is OCC(Cc1cccc(Cl)c1)Cc1cccc(F)c1Br. The minimum atomic E-state index is -0.276. The fraction of sp³-hybridized carbons (Fsp3) is 0.250. The van der Waals surface area contributed by atoms with Crippen LogP contribution in [0.25, 0.3) is 0 Å². The number of benzene rings is 2. The monoisotopic (exact) mass is 356 g/mol. The van der Waals surface area contributed by atoms with Crippen LogP contribution in [0, 0.1) is 11.7 Å². The van der Waals surface area contributed by atoms with E-state index < -0.39 is 0 Å². The van der Waals surface area contributed by atoms with Gasteiger partial charge in [-0.2, -0.15) is 0 Å². The fourth-order valence-corrected chi connectivity index (χ4v) is 2.85. The summed E-state index contributed by atoms with van der Waals surface area (Å²) >= 11 is 9.22. The quantitative estimate of drug-likeness (QED) is 0.827. The Bertz CT molecular complexity index is 588. The lowest BCUT2D eigenvalue weighted by molar-refractivity contribution is 0.224. The predicted octanol–water partition coefficient (Wildman–Crippen LogP) is 4.64. The van der Waals surface area contributed by atoms with Crippen molar-refractivity contribution in [3.8, 4) is 0 Å². The molecule has 1 N–H and O–H groups in total. The fourth-order valence-electron chi connectivity index (χ4n) is 2.22. The number of hydrogen-bond donors (Lipinski definition) is 1. The van der Waals surface area contributed by atoms with Crippen LogP contribution < -0.4 is 0 Å². The molecular weight excluding hydrogens is 343 g/mol. The largest absolute Gasteiger partial charge is 0.396 e. The van der Waals surface area contributed by atoms with Crippen LogP contribution in [0.5, 0.6) is 0 Å². The van der Waals surface area contributed by atoms with Crippen molar-refractivity contribution < 1.29 is 9.50 Å². The van der Waals surface area contributed by atoms with Crippen LogP contribution in [0.4, 0.5) is 4.39 Å². The normalized spacial score (nSPS) is 12.4. The highest BCUT2D eigenvalue weighted by atomic mass is 79.9. The molecule has 0 amide bonds. The van der Waals surface area contributed by atoms with Crippen LogP contribution in [-0.4, -0.2) is 11.7 Å². The summed E-state index contributed by atoms with van der Waals surface area (Å²) in [6.45, 7) is 0.0511. The van der Waals surface area contributed by atoms with Gasteiger partial charge in [0, 0.05) is 11.6 Å². The number of hydrogen-bond acceptors (Lipinski definition) is 1. The molecule has 2 rings (SSSR count). The molecule has 1 nitrogen and oxygen atoms in total. The molecule has 0 saturated carbocycles. The van der Waals surface area contributed by atoms with Crippen molar-refractivity contribution in [2.24, 2.45) is 5.92 Å². The van der Waals surface area contributed by atoms with Crippen molar-refractivity contribution >= 4 is 27.5 Å². The minimum absolute atomic E-state index is 0.0339. The van der Waals surface area contributed by atoms with Gasteiger partial charge in [0.2, 0.25) is 0 Å². The molecule has 20 heavy (non-hydrogen) atoms. The van der Waals surface area contributed by atoms with Gasteiger partial charge in [-0.15, -0.1) is 0 Å². The first kappa shape index (κ1) is 15.5. The van der Waals surface area contributed by atoms with Crippen LogP contribution in [0.1, 0.15) is 11.1 Å². The van der Waals surface area contributed by atoms with E-state index in [-0.39, 0.29) is 18.3 Å². The molecular formula is C16H15BrClFO. The number of aliphatic hydroxyl groups is 1. The van der Waals surface area contributed by atoms with Crippen LogP contribution in [0.2, 0.25) is 5.02 Å². The van der Waals surface area contributed by atoms with Crippen LogP contribution >= 0.6 is 27.5 Å². The second-order valence-corrected chi connectivity index (χ2v) is 6.03. The van der Waals surface area contributed by atoms with Crippen molar-refractivity contribution in [2.75, 3.05) is 6.61 Å². The van der Waals surface area contributed by atoms with E-state index in [1.807, 2.05) is 30.3 Å². The summed E-state index contributed by atoms with van der Waals surface area (Å²) in [7, 11) is 0. The summed E-state index contributed by atoms with van der Waals surface area (Å²) < 4.78 is 14.0. The first-order valence-corrected chi connectivity index (χ1v) is 7.55. The van der Waals surface area contributed by atoms with Gasteiger partial charge in [0.1, 0.15) is 5.82 Å². The molecule has 0 spiro atoms. The molecule has 2 aromatic rings. The molecule has 0 aliphatic carbocycles. The topological polar surface area (TPSA) is 20.2 Å². The van der Waals surface area contributed by atoms with Gasteiger partial charge in [-0.3, -0.25) is 0 Å². The Balaban J connectivity index is 2.11. The lowest BCUT2D eigenvalue weighted by atomic mass is 9.93. The van der Waals surface area contributed by atoms with Crippen LogP contribution in [0.3, 0.4) is 0 Å². The highest BCUT2D eigenvalue weighted by Gasteiger charge is 2.13. The van der Waals surface area contributed by atoms with Crippen molar-refractivity contribution in [3.05, 3.63) is 68.9 Å². The van der Waals surface area contributed by atoms with Gasteiger partial charge in [-0.05, 0) is 64.0 Å². The highest BCUT2D eigenvalue weighted by Crippen LogP contribution is 2.24. The summed E-state index contributed by atoms with van der Waals surface area (Å²) in [5.74, 6) is -0.242. The zero-order valence-corrected chi connectivity index (χ0v) is 13.2. The highest BCUT2D eigenvalue weighted by molar-refractivity contribution is 9.10. The van der Waals surface area contributed by atoms with E-state index in [0.29, 0.717) is 22.3 Å². The van der Waals surface area contributed by atoms with E-state index in [1.165, 1.54) is 6.07 Å². The Morgan fingerprint density at radius 2 is 1.90 bits per heavy atom. The standard InChI is InChI=1S/C16H15BrClFO/c17-16-13(4-2-6-15(16)19)8-12(10-20)7-11-3-1-5-14(18)9-11/h1-6,9,12,20H,7-8,10H2. The number of aliphatic hydroxyl groups excluding tert-OH is 1. The Labute approximate surface area is 131 Å². The predicted molar refractivity (Wildman–Crippen MR) is 83.5 cm³/mol. The minimum Gasteiger partial charge on any atom is -0.396 e. The molecule has 1 atom stereocenters. The third-order valence-electron chi connectivity index (χ3n) is 3.21. The third kappa shape index (κ3) is 4.05. The Hall–Kier alpha value is -0.900. The molecule has 2 aromatic carbocycles. The maximum absolute atomic E-state index is 13.5. The van der Waals surface area contributed by atoms with Crippen molar-refractivity contribution in [1.29, 1.82) is 0 Å². The molecule has 0 aromatic heterocycles. The molecule has 0 saturated heterocycles. The zero-order valence-electron chi connectivity index (χ0n) is 10.8. The van der Waals surface area contributed by atoms with Gasteiger partial charge >= 0.3 is 0 Å². The molecule has 0 bridgehead atoms. The Kier molecular flexibility index (Phi) is 5.58. The van der Waals surface area contributed by atoms with Crippen LogP contribution in [0.15, 0.2) is 46.9 Å². The smallest absolute Gasteiger partial charge is 0.137 e. The number of rotatable bonds is 5. The average Bonchev–Trinajstić information content (AvgIpc) is 2.43. The summed E-state index contributed by atoms with van der Waals surface area (Å²) in [6.07, 6.45) is 1.32.